The van der Waals surface area contributed by atoms with Gasteiger partial charge in [-0.1, -0.05) is 60.7 Å². The third-order valence-corrected chi connectivity index (χ3v) is 3.22. The van der Waals surface area contributed by atoms with Crippen molar-refractivity contribution in [2.24, 2.45) is 0 Å². The van der Waals surface area contributed by atoms with E-state index in [0.717, 1.165) is 12.1 Å². The maximum Gasteiger partial charge on any atom is 0.330 e. The number of halogens is 1. The first-order chi connectivity index (χ1) is 10.7. The minimum Gasteiger partial charge on any atom is -0.461 e. The van der Waals surface area contributed by atoms with Gasteiger partial charge in [0.05, 0.1) is 0 Å². The molecule has 2 aromatic rings. The molecule has 23 heavy (non-hydrogen) atoms. The largest absolute Gasteiger partial charge is 0.461 e. The van der Waals surface area contributed by atoms with Gasteiger partial charge in [0, 0.05) is 19.2 Å². The van der Waals surface area contributed by atoms with Crippen LogP contribution in [0.15, 0.2) is 66.7 Å². The number of rotatable bonds is 7. The summed E-state index contributed by atoms with van der Waals surface area (Å²) in [6.45, 7) is 1.94. The third kappa shape index (κ3) is 7.63. The molecule has 0 bridgehead atoms. The number of nitrogens with zero attached hydrogens (tertiary/aromatic N) is 1. The van der Waals surface area contributed by atoms with Gasteiger partial charge in [0.1, 0.15) is 6.61 Å². The van der Waals surface area contributed by atoms with Crippen molar-refractivity contribution >= 4 is 24.5 Å². The van der Waals surface area contributed by atoms with E-state index >= 15 is 0 Å². The zero-order valence-corrected chi connectivity index (χ0v) is 14.0. The SMILES string of the molecule is CN(CCOC(=O)/C=C/c1ccccc1)Cc1ccccc1.Cl. The first kappa shape index (κ1) is 18.9. The first-order valence-electron chi connectivity index (χ1n) is 7.36. The number of carbonyl (C=O) groups excluding carboxylic acids is 1. The molecule has 0 saturated heterocycles. The Kier molecular flexibility index (Phi) is 8.73. The van der Waals surface area contributed by atoms with E-state index < -0.39 is 0 Å². The molecule has 2 rings (SSSR count). The van der Waals surface area contributed by atoms with Crippen molar-refractivity contribution < 1.29 is 9.53 Å². The summed E-state index contributed by atoms with van der Waals surface area (Å²) < 4.78 is 5.20. The van der Waals surface area contributed by atoms with E-state index in [1.807, 2.05) is 55.6 Å². The summed E-state index contributed by atoms with van der Waals surface area (Å²) in [5.74, 6) is -0.308. The molecular formula is C19H22ClNO2. The van der Waals surface area contributed by atoms with Crippen LogP contribution in [0.2, 0.25) is 0 Å². The smallest absolute Gasteiger partial charge is 0.330 e. The van der Waals surface area contributed by atoms with Crippen LogP contribution in [0.3, 0.4) is 0 Å². The van der Waals surface area contributed by atoms with Gasteiger partial charge in [0.2, 0.25) is 0 Å². The number of hydrogen-bond donors (Lipinski definition) is 0. The Hall–Kier alpha value is -2.10. The van der Waals surface area contributed by atoms with Gasteiger partial charge in [0.15, 0.2) is 0 Å². The van der Waals surface area contributed by atoms with Crippen LogP contribution in [-0.2, 0) is 16.1 Å². The predicted octanol–water partition coefficient (Wildman–Crippen LogP) is 3.80. The number of benzene rings is 2. The van der Waals surface area contributed by atoms with Crippen LogP contribution in [0.25, 0.3) is 6.08 Å². The number of ether oxygens (including phenoxy) is 1. The molecule has 0 heterocycles. The van der Waals surface area contributed by atoms with Crippen molar-refractivity contribution in [2.75, 3.05) is 20.2 Å². The Morgan fingerprint density at radius 1 is 1.04 bits per heavy atom. The lowest BCUT2D eigenvalue weighted by molar-refractivity contribution is -0.138. The van der Waals surface area contributed by atoms with Gasteiger partial charge in [-0.2, -0.15) is 0 Å². The number of hydrogen-bond acceptors (Lipinski definition) is 3. The van der Waals surface area contributed by atoms with Crippen LogP contribution < -0.4 is 0 Å². The molecule has 3 nitrogen and oxygen atoms in total. The second-order valence-corrected chi connectivity index (χ2v) is 5.13. The van der Waals surface area contributed by atoms with Crippen molar-refractivity contribution in [3.63, 3.8) is 0 Å². The molecule has 0 radical (unpaired) electrons. The van der Waals surface area contributed by atoms with Crippen molar-refractivity contribution in [3.05, 3.63) is 77.9 Å². The van der Waals surface area contributed by atoms with Gasteiger partial charge in [-0.25, -0.2) is 4.79 Å². The third-order valence-electron chi connectivity index (χ3n) is 3.22. The zero-order chi connectivity index (χ0) is 15.6. The highest BCUT2D eigenvalue weighted by molar-refractivity contribution is 5.87. The molecule has 0 amide bonds. The van der Waals surface area contributed by atoms with Crippen LogP contribution in [0, 0.1) is 0 Å². The van der Waals surface area contributed by atoms with Gasteiger partial charge < -0.3 is 4.74 Å². The molecule has 2 aromatic carbocycles. The summed E-state index contributed by atoms with van der Waals surface area (Å²) in [4.78, 5) is 13.8. The lowest BCUT2D eigenvalue weighted by Gasteiger charge is -2.16. The van der Waals surface area contributed by atoms with Gasteiger partial charge in [-0.15, -0.1) is 12.4 Å². The maximum atomic E-state index is 11.6. The molecule has 4 heteroatoms. The Balaban J connectivity index is 0.00000264. The second-order valence-electron chi connectivity index (χ2n) is 5.13. The van der Waals surface area contributed by atoms with Crippen molar-refractivity contribution in [1.82, 2.24) is 4.90 Å². The van der Waals surface area contributed by atoms with E-state index in [1.165, 1.54) is 11.6 Å². The average molecular weight is 332 g/mol. The molecule has 0 aliphatic rings. The van der Waals surface area contributed by atoms with E-state index in [9.17, 15) is 4.79 Å². The molecule has 0 aromatic heterocycles. The summed E-state index contributed by atoms with van der Waals surface area (Å²) in [5, 5.41) is 0. The number of carbonyl (C=O) groups is 1. The normalized spacial score (nSPS) is 10.5. The van der Waals surface area contributed by atoms with E-state index in [1.54, 1.807) is 6.08 Å². The molecule has 0 fully saturated rings. The highest BCUT2D eigenvalue weighted by Crippen LogP contribution is 2.03. The minimum absolute atomic E-state index is 0. The Morgan fingerprint density at radius 3 is 2.30 bits per heavy atom. The second kappa shape index (κ2) is 10.6. The minimum atomic E-state index is -0.308. The molecule has 122 valence electrons. The fourth-order valence-corrected chi connectivity index (χ4v) is 2.05. The summed E-state index contributed by atoms with van der Waals surface area (Å²) >= 11 is 0. The molecular weight excluding hydrogens is 310 g/mol. The fourth-order valence-electron chi connectivity index (χ4n) is 2.05. The summed E-state index contributed by atoms with van der Waals surface area (Å²) in [7, 11) is 2.01. The fraction of sp³-hybridized carbons (Fsp3) is 0.211. The predicted molar refractivity (Wildman–Crippen MR) is 96.5 cm³/mol. The lowest BCUT2D eigenvalue weighted by atomic mass is 10.2. The quantitative estimate of drug-likeness (QED) is 0.571. The summed E-state index contributed by atoms with van der Waals surface area (Å²) in [5.41, 5.74) is 2.24. The van der Waals surface area contributed by atoms with Crippen LogP contribution >= 0.6 is 12.4 Å². The summed E-state index contributed by atoms with van der Waals surface area (Å²) in [6.07, 6.45) is 3.22. The lowest BCUT2D eigenvalue weighted by Crippen LogP contribution is -2.23. The molecule has 0 N–H and O–H groups in total. The molecule has 0 aliphatic heterocycles. The van der Waals surface area contributed by atoms with Crippen LogP contribution in [0.5, 0.6) is 0 Å². The van der Waals surface area contributed by atoms with E-state index in [2.05, 4.69) is 17.0 Å². The van der Waals surface area contributed by atoms with E-state index in [0.29, 0.717) is 13.2 Å². The van der Waals surface area contributed by atoms with E-state index in [-0.39, 0.29) is 18.4 Å². The van der Waals surface area contributed by atoms with Crippen molar-refractivity contribution in [3.8, 4) is 0 Å². The first-order valence-corrected chi connectivity index (χ1v) is 7.36. The number of esters is 1. The van der Waals surface area contributed by atoms with Gasteiger partial charge in [-0.05, 0) is 24.3 Å². The Bertz CT molecular complexity index is 599. The maximum absolute atomic E-state index is 11.6. The van der Waals surface area contributed by atoms with Crippen LogP contribution in [-0.4, -0.2) is 31.1 Å². The van der Waals surface area contributed by atoms with Gasteiger partial charge in [0.25, 0.3) is 0 Å². The molecule has 0 saturated carbocycles. The van der Waals surface area contributed by atoms with Crippen molar-refractivity contribution in [1.29, 1.82) is 0 Å². The molecule has 0 spiro atoms. The summed E-state index contributed by atoms with van der Waals surface area (Å²) in [6, 6.07) is 19.9. The number of likely N-dealkylation sites (N-methyl/N-ethyl adjacent to an activating group) is 1. The van der Waals surface area contributed by atoms with Crippen molar-refractivity contribution in [2.45, 2.75) is 6.54 Å². The standard InChI is InChI=1S/C19H21NO2.ClH/c1-20(16-18-10-6-3-7-11-18)14-15-22-19(21)13-12-17-8-4-2-5-9-17;/h2-13H,14-16H2,1H3;1H/b13-12+;. The van der Waals surface area contributed by atoms with Gasteiger partial charge >= 0.3 is 5.97 Å². The Labute approximate surface area is 144 Å². The van der Waals surface area contributed by atoms with Gasteiger partial charge in [-0.3, -0.25) is 4.90 Å². The van der Waals surface area contributed by atoms with Crippen LogP contribution in [0.1, 0.15) is 11.1 Å². The van der Waals surface area contributed by atoms with Crippen LogP contribution in [0.4, 0.5) is 0 Å². The molecule has 0 atom stereocenters. The Morgan fingerprint density at radius 2 is 1.65 bits per heavy atom. The topological polar surface area (TPSA) is 29.5 Å². The van der Waals surface area contributed by atoms with E-state index in [4.69, 9.17) is 4.74 Å². The zero-order valence-electron chi connectivity index (χ0n) is 13.2. The highest BCUT2D eigenvalue weighted by Gasteiger charge is 2.02. The molecule has 0 unspecified atom stereocenters. The highest BCUT2D eigenvalue weighted by atomic mass is 35.5. The molecule has 0 aliphatic carbocycles. The monoisotopic (exact) mass is 331 g/mol. The average Bonchev–Trinajstić information content (AvgIpc) is 2.55.